The molecule has 0 aliphatic rings. The van der Waals surface area contributed by atoms with Crippen molar-refractivity contribution in [3.05, 3.63) is 59.7 Å². The van der Waals surface area contributed by atoms with Crippen LogP contribution in [0.15, 0.2) is 48.5 Å². The Bertz CT molecular complexity index is 613. The van der Waals surface area contributed by atoms with Crippen LogP contribution < -0.4 is 0 Å². The molecule has 2 aromatic rings. The zero-order valence-corrected chi connectivity index (χ0v) is 11.4. The first-order chi connectivity index (χ1) is 10.1. The van der Waals surface area contributed by atoms with Gasteiger partial charge in [-0.1, -0.05) is 36.4 Å². The molecule has 21 heavy (non-hydrogen) atoms. The molecule has 0 saturated carbocycles. The summed E-state index contributed by atoms with van der Waals surface area (Å²) in [5, 5.41) is 27.9. The first kappa shape index (κ1) is 14.7. The van der Waals surface area contributed by atoms with Crippen molar-refractivity contribution < 1.29 is 20.1 Å². The van der Waals surface area contributed by atoms with E-state index in [2.05, 4.69) is 0 Å². The van der Waals surface area contributed by atoms with Gasteiger partial charge in [0.15, 0.2) is 11.5 Å². The van der Waals surface area contributed by atoms with E-state index in [4.69, 9.17) is 0 Å². The van der Waals surface area contributed by atoms with Crippen molar-refractivity contribution in [1.82, 2.24) is 4.90 Å². The number of hydrogen-bond acceptors (Lipinski definition) is 3. The SMILES string of the molecule is O=C(O)N(CCc1ccc(O)c(O)c1)Cc1ccccc1. The summed E-state index contributed by atoms with van der Waals surface area (Å²) in [7, 11) is 0. The number of carboxylic acid groups (broad SMARTS) is 1. The lowest BCUT2D eigenvalue weighted by Gasteiger charge is -2.19. The maximum Gasteiger partial charge on any atom is 0.407 e. The lowest BCUT2D eigenvalue weighted by atomic mass is 10.1. The number of benzene rings is 2. The second-order valence-corrected chi connectivity index (χ2v) is 4.76. The van der Waals surface area contributed by atoms with Crippen molar-refractivity contribution in [2.24, 2.45) is 0 Å². The van der Waals surface area contributed by atoms with Gasteiger partial charge >= 0.3 is 6.09 Å². The largest absolute Gasteiger partial charge is 0.504 e. The van der Waals surface area contributed by atoms with Crippen LogP contribution >= 0.6 is 0 Å². The molecule has 0 bridgehead atoms. The standard InChI is InChI=1S/C16H17NO4/c18-14-7-6-12(10-15(14)19)8-9-17(16(20)21)11-13-4-2-1-3-5-13/h1-7,10,18-19H,8-9,11H2,(H,20,21). The summed E-state index contributed by atoms with van der Waals surface area (Å²) in [6.07, 6.45) is -0.519. The molecule has 3 N–H and O–H groups in total. The summed E-state index contributed by atoms with van der Waals surface area (Å²) in [4.78, 5) is 12.6. The first-order valence-electron chi connectivity index (χ1n) is 6.59. The average molecular weight is 287 g/mol. The summed E-state index contributed by atoms with van der Waals surface area (Å²) in [5.74, 6) is -0.379. The molecule has 1 amide bonds. The number of phenolic OH excluding ortho intramolecular Hbond substituents is 2. The van der Waals surface area contributed by atoms with Crippen molar-refractivity contribution in [1.29, 1.82) is 0 Å². The highest BCUT2D eigenvalue weighted by molar-refractivity contribution is 5.65. The average Bonchev–Trinajstić information content (AvgIpc) is 2.47. The van der Waals surface area contributed by atoms with Crippen LogP contribution in [0.4, 0.5) is 4.79 Å². The third-order valence-corrected chi connectivity index (χ3v) is 3.20. The predicted molar refractivity (Wildman–Crippen MR) is 78.4 cm³/mol. The van der Waals surface area contributed by atoms with E-state index in [1.54, 1.807) is 6.07 Å². The minimum Gasteiger partial charge on any atom is -0.504 e. The molecule has 0 heterocycles. The normalized spacial score (nSPS) is 10.3. The zero-order chi connectivity index (χ0) is 15.2. The lowest BCUT2D eigenvalue weighted by molar-refractivity contribution is 0.143. The Hall–Kier alpha value is -2.69. The Labute approximate surface area is 122 Å². The third kappa shape index (κ3) is 4.14. The molecule has 0 unspecified atom stereocenters. The molecular weight excluding hydrogens is 270 g/mol. The number of nitrogens with zero attached hydrogens (tertiary/aromatic N) is 1. The molecule has 0 aliphatic carbocycles. The number of aromatic hydroxyl groups is 2. The molecule has 2 aromatic carbocycles. The summed E-state index contributed by atoms with van der Waals surface area (Å²) < 4.78 is 0. The van der Waals surface area contributed by atoms with Gasteiger partial charge in [0.05, 0.1) is 0 Å². The number of carbonyl (C=O) groups is 1. The monoisotopic (exact) mass is 287 g/mol. The van der Waals surface area contributed by atoms with Crippen molar-refractivity contribution in [2.45, 2.75) is 13.0 Å². The highest BCUT2D eigenvalue weighted by Crippen LogP contribution is 2.25. The summed E-state index contributed by atoms with van der Waals surface area (Å²) >= 11 is 0. The molecule has 0 aliphatic heterocycles. The number of rotatable bonds is 5. The van der Waals surface area contributed by atoms with Gasteiger partial charge in [-0.05, 0) is 29.7 Å². The molecule has 0 saturated heterocycles. The fraction of sp³-hybridized carbons (Fsp3) is 0.188. The molecule has 5 heteroatoms. The third-order valence-electron chi connectivity index (χ3n) is 3.20. The minimum absolute atomic E-state index is 0.182. The van der Waals surface area contributed by atoms with Crippen molar-refractivity contribution >= 4 is 6.09 Å². The van der Waals surface area contributed by atoms with Crippen LogP contribution in [0.5, 0.6) is 11.5 Å². The van der Waals surface area contributed by atoms with Crippen LogP contribution in [0, 0.1) is 0 Å². The highest BCUT2D eigenvalue weighted by Gasteiger charge is 2.12. The van der Waals surface area contributed by atoms with Gasteiger partial charge in [0.25, 0.3) is 0 Å². The van der Waals surface area contributed by atoms with Crippen LogP contribution in [-0.4, -0.2) is 32.9 Å². The van der Waals surface area contributed by atoms with Crippen LogP contribution in [0.2, 0.25) is 0 Å². The smallest absolute Gasteiger partial charge is 0.407 e. The van der Waals surface area contributed by atoms with E-state index >= 15 is 0 Å². The van der Waals surface area contributed by atoms with Gasteiger partial charge < -0.3 is 20.2 Å². The van der Waals surface area contributed by atoms with E-state index in [-0.39, 0.29) is 11.5 Å². The molecule has 0 spiro atoms. The maximum atomic E-state index is 11.3. The number of hydrogen-bond donors (Lipinski definition) is 3. The molecule has 0 aromatic heterocycles. The molecule has 0 fully saturated rings. The fourth-order valence-corrected chi connectivity index (χ4v) is 2.03. The molecule has 2 rings (SSSR count). The van der Waals surface area contributed by atoms with Gasteiger partial charge in [-0.15, -0.1) is 0 Å². The van der Waals surface area contributed by atoms with Gasteiger partial charge in [0, 0.05) is 13.1 Å². The van der Waals surface area contributed by atoms with Gasteiger partial charge in [-0.25, -0.2) is 4.79 Å². The van der Waals surface area contributed by atoms with E-state index in [1.807, 2.05) is 30.3 Å². The zero-order valence-electron chi connectivity index (χ0n) is 11.4. The van der Waals surface area contributed by atoms with Crippen LogP contribution in [0.25, 0.3) is 0 Å². The maximum absolute atomic E-state index is 11.3. The quantitative estimate of drug-likeness (QED) is 0.739. The molecule has 5 nitrogen and oxygen atoms in total. The second kappa shape index (κ2) is 6.65. The Balaban J connectivity index is 2.00. The van der Waals surface area contributed by atoms with Crippen molar-refractivity contribution in [3.8, 4) is 11.5 Å². The lowest BCUT2D eigenvalue weighted by Crippen LogP contribution is -2.30. The Morgan fingerprint density at radius 1 is 0.952 bits per heavy atom. The van der Waals surface area contributed by atoms with Gasteiger partial charge in [-0.2, -0.15) is 0 Å². The van der Waals surface area contributed by atoms with E-state index in [9.17, 15) is 20.1 Å². The topological polar surface area (TPSA) is 81.0 Å². The summed E-state index contributed by atoms with van der Waals surface area (Å²) in [6, 6.07) is 13.9. The Kier molecular flexibility index (Phi) is 4.66. The first-order valence-corrected chi connectivity index (χ1v) is 6.59. The summed E-state index contributed by atoms with van der Waals surface area (Å²) in [6.45, 7) is 0.634. The van der Waals surface area contributed by atoms with E-state index in [0.717, 1.165) is 11.1 Å². The number of amides is 1. The second-order valence-electron chi connectivity index (χ2n) is 4.76. The van der Waals surface area contributed by atoms with Crippen molar-refractivity contribution in [2.75, 3.05) is 6.54 Å². The van der Waals surface area contributed by atoms with Crippen LogP contribution in [-0.2, 0) is 13.0 Å². The van der Waals surface area contributed by atoms with Gasteiger partial charge in [-0.3, -0.25) is 0 Å². The molecule has 110 valence electrons. The number of phenols is 2. The molecule has 0 radical (unpaired) electrons. The predicted octanol–water partition coefficient (Wildman–Crippen LogP) is 2.82. The molecular formula is C16H17NO4. The molecule has 0 atom stereocenters. The fourth-order valence-electron chi connectivity index (χ4n) is 2.03. The van der Waals surface area contributed by atoms with Crippen LogP contribution in [0.3, 0.4) is 0 Å². The van der Waals surface area contributed by atoms with E-state index in [0.29, 0.717) is 19.5 Å². The summed E-state index contributed by atoms with van der Waals surface area (Å²) in [5.41, 5.74) is 1.69. The Morgan fingerprint density at radius 3 is 2.29 bits per heavy atom. The van der Waals surface area contributed by atoms with Gasteiger partial charge in [0.1, 0.15) is 0 Å². The minimum atomic E-state index is -0.984. The van der Waals surface area contributed by atoms with E-state index in [1.165, 1.54) is 17.0 Å². The van der Waals surface area contributed by atoms with Crippen LogP contribution in [0.1, 0.15) is 11.1 Å². The highest BCUT2D eigenvalue weighted by atomic mass is 16.4. The van der Waals surface area contributed by atoms with E-state index < -0.39 is 6.09 Å². The van der Waals surface area contributed by atoms with Crippen molar-refractivity contribution in [3.63, 3.8) is 0 Å². The van der Waals surface area contributed by atoms with Gasteiger partial charge in [0.2, 0.25) is 0 Å². The Morgan fingerprint density at radius 2 is 1.67 bits per heavy atom.